The van der Waals surface area contributed by atoms with E-state index in [0.717, 1.165) is 13.1 Å². The van der Waals surface area contributed by atoms with Crippen molar-refractivity contribution in [1.82, 2.24) is 4.90 Å². The van der Waals surface area contributed by atoms with Gasteiger partial charge in [-0.15, -0.1) is 0 Å². The van der Waals surface area contributed by atoms with Gasteiger partial charge in [0.25, 0.3) is 0 Å². The third-order valence-corrected chi connectivity index (χ3v) is 4.35. The molecule has 0 aromatic carbocycles. The second-order valence-corrected chi connectivity index (χ2v) is 5.87. The van der Waals surface area contributed by atoms with Gasteiger partial charge in [-0.25, -0.2) is 0 Å². The summed E-state index contributed by atoms with van der Waals surface area (Å²) in [4.78, 5) is 6.75. The first-order valence-electron chi connectivity index (χ1n) is 7.35. The SMILES string of the molecule is CN=CC1=C(C)CCN(C(C)C2=CCC(C)C=C2)C1. The first-order chi connectivity index (χ1) is 9.11. The van der Waals surface area contributed by atoms with Crippen LogP contribution in [0.4, 0.5) is 0 Å². The van der Waals surface area contributed by atoms with E-state index in [-0.39, 0.29) is 0 Å². The molecule has 19 heavy (non-hydrogen) atoms. The molecule has 2 unspecified atom stereocenters. The van der Waals surface area contributed by atoms with E-state index in [1.807, 2.05) is 13.3 Å². The molecule has 0 bridgehead atoms. The molecule has 2 rings (SSSR count). The Kier molecular flexibility index (Phi) is 4.76. The Morgan fingerprint density at radius 3 is 2.89 bits per heavy atom. The van der Waals surface area contributed by atoms with E-state index in [4.69, 9.17) is 0 Å². The highest BCUT2D eigenvalue weighted by Gasteiger charge is 2.22. The number of allylic oxidation sites excluding steroid dienone is 2. The van der Waals surface area contributed by atoms with Gasteiger partial charge in [0, 0.05) is 32.4 Å². The van der Waals surface area contributed by atoms with Crippen molar-refractivity contribution in [2.45, 2.75) is 39.7 Å². The van der Waals surface area contributed by atoms with Crippen molar-refractivity contribution in [1.29, 1.82) is 0 Å². The maximum atomic E-state index is 4.19. The number of aliphatic imine (C=N–C) groups is 1. The van der Waals surface area contributed by atoms with Crippen molar-refractivity contribution in [2.24, 2.45) is 10.9 Å². The lowest BCUT2D eigenvalue weighted by Gasteiger charge is -2.35. The second kappa shape index (κ2) is 6.33. The Morgan fingerprint density at radius 2 is 2.26 bits per heavy atom. The van der Waals surface area contributed by atoms with Crippen LogP contribution in [0.2, 0.25) is 0 Å². The monoisotopic (exact) mass is 258 g/mol. The van der Waals surface area contributed by atoms with E-state index in [9.17, 15) is 0 Å². The fourth-order valence-electron chi connectivity index (χ4n) is 2.81. The molecular weight excluding hydrogens is 232 g/mol. The number of hydrogen-bond acceptors (Lipinski definition) is 2. The second-order valence-electron chi connectivity index (χ2n) is 5.87. The van der Waals surface area contributed by atoms with Gasteiger partial charge in [-0.05, 0) is 43.8 Å². The molecule has 0 saturated heterocycles. The van der Waals surface area contributed by atoms with Crippen molar-refractivity contribution >= 4 is 6.21 Å². The lowest BCUT2D eigenvalue weighted by atomic mass is 9.92. The zero-order valence-corrected chi connectivity index (χ0v) is 12.7. The first kappa shape index (κ1) is 14.3. The molecule has 1 aliphatic heterocycles. The van der Waals surface area contributed by atoms with Crippen LogP contribution in [-0.4, -0.2) is 37.3 Å². The Labute approximate surface area is 117 Å². The molecule has 2 atom stereocenters. The van der Waals surface area contributed by atoms with Gasteiger partial charge in [0.2, 0.25) is 0 Å². The largest absolute Gasteiger partial charge is 0.296 e. The van der Waals surface area contributed by atoms with Gasteiger partial charge >= 0.3 is 0 Å². The van der Waals surface area contributed by atoms with E-state index >= 15 is 0 Å². The van der Waals surface area contributed by atoms with Gasteiger partial charge in [-0.3, -0.25) is 9.89 Å². The molecule has 0 aromatic rings. The minimum absolute atomic E-state index is 0.511. The number of hydrogen-bond donors (Lipinski definition) is 0. The van der Waals surface area contributed by atoms with Crippen LogP contribution in [0.25, 0.3) is 0 Å². The average Bonchev–Trinajstić information content (AvgIpc) is 2.41. The summed E-state index contributed by atoms with van der Waals surface area (Å²) in [6, 6.07) is 0.511. The summed E-state index contributed by atoms with van der Waals surface area (Å²) in [6.07, 6.45) is 11.4. The summed E-state index contributed by atoms with van der Waals surface area (Å²) in [5, 5.41) is 0. The lowest BCUT2D eigenvalue weighted by molar-refractivity contribution is 0.249. The van der Waals surface area contributed by atoms with Gasteiger partial charge in [-0.2, -0.15) is 0 Å². The quantitative estimate of drug-likeness (QED) is 0.706. The molecule has 0 amide bonds. The van der Waals surface area contributed by atoms with E-state index in [2.05, 4.69) is 48.9 Å². The molecule has 0 fully saturated rings. The molecule has 104 valence electrons. The summed E-state index contributed by atoms with van der Waals surface area (Å²) >= 11 is 0. The van der Waals surface area contributed by atoms with Crippen LogP contribution in [0.3, 0.4) is 0 Å². The predicted octanol–water partition coefficient (Wildman–Crippen LogP) is 3.62. The third-order valence-electron chi connectivity index (χ3n) is 4.35. The minimum atomic E-state index is 0.511. The Bertz CT molecular complexity index is 440. The molecular formula is C17H26N2. The van der Waals surface area contributed by atoms with Crippen LogP contribution in [0.15, 0.2) is 39.9 Å². The van der Waals surface area contributed by atoms with Crippen LogP contribution in [-0.2, 0) is 0 Å². The Morgan fingerprint density at radius 1 is 1.47 bits per heavy atom. The molecule has 1 heterocycles. The maximum Gasteiger partial charge on any atom is 0.0320 e. The van der Waals surface area contributed by atoms with E-state index in [1.54, 1.807) is 0 Å². The van der Waals surface area contributed by atoms with Crippen LogP contribution < -0.4 is 0 Å². The van der Waals surface area contributed by atoms with Crippen LogP contribution in [0, 0.1) is 5.92 Å². The maximum absolute atomic E-state index is 4.19. The highest BCUT2D eigenvalue weighted by Crippen LogP contribution is 2.25. The van der Waals surface area contributed by atoms with Gasteiger partial charge in [0.1, 0.15) is 0 Å². The smallest absolute Gasteiger partial charge is 0.0320 e. The summed E-state index contributed by atoms with van der Waals surface area (Å²) in [5.74, 6) is 0.697. The van der Waals surface area contributed by atoms with Crippen LogP contribution >= 0.6 is 0 Å². The number of nitrogens with zero attached hydrogens (tertiary/aromatic N) is 2. The van der Waals surface area contributed by atoms with Gasteiger partial charge < -0.3 is 0 Å². The van der Waals surface area contributed by atoms with Crippen molar-refractivity contribution in [3.05, 3.63) is 34.9 Å². The summed E-state index contributed by atoms with van der Waals surface area (Å²) in [6.45, 7) is 9.03. The number of rotatable bonds is 3. The van der Waals surface area contributed by atoms with Gasteiger partial charge in [0.15, 0.2) is 0 Å². The summed E-state index contributed by atoms with van der Waals surface area (Å²) < 4.78 is 0. The molecule has 0 aromatic heterocycles. The third kappa shape index (κ3) is 3.44. The normalized spacial score (nSPS) is 26.9. The standard InChI is InChI=1S/C17H26N2/c1-13-5-7-16(8-6-13)15(3)19-10-9-14(2)17(12-19)11-18-4/h5,7-8,11,13,15H,6,9-10,12H2,1-4H3. The van der Waals surface area contributed by atoms with Gasteiger partial charge in [0.05, 0.1) is 0 Å². The van der Waals surface area contributed by atoms with Gasteiger partial charge in [-0.1, -0.05) is 30.7 Å². The fraction of sp³-hybridized carbons (Fsp3) is 0.588. The first-order valence-corrected chi connectivity index (χ1v) is 7.35. The molecule has 0 N–H and O–H groups in total. The summed E-state index contributed by atoms with van der Waals surface area (Å²) in [5.41, 5.74) is 4.37. The molecule has 2 heteroatoms. The molecule has 0 spiro atoms. The summed E-state index contributed by atoms with van der Waals surface area (Å²) in [7, 11) is 1.86. The van der Waals surface area contributed by atoms with E-state index in [1.165, 1.54) is 29.6 Å². The van der Waals surface area contributed by atoms with Crippen LogP contribution in [0.1, 0.15) is 33.6 Å². The molecule has 0 saturated carbocycles. The van der Waals surface area contributed by atoms with Crippen molar-refractivity contribution in [3.63, 3.8) is 0 Å². The Hall–Kier alpha value is -1.15. The van der Waals surface area contributed by atoms with Crippen molar-refractivity contribution < 1.29 is 0 Å². The van der Waals surface area contributed by atoms with Crippen molar-refractivity contribution in [2.75, 3.05) is 20.1 Å². The molecule has 1 aliphatic carbocycles. The average molecular weight is 258 g/mol. The minimum Gasteiger partial charge on any atom is -0.296 e. The zero-order chi connectivity index (χ0) is 13.8. The van der Waals surface area contributed by atoms with E-state index in [0.29, 0.717) is 12.0 Å². The molecule has 0 radical (unpaired) electrons. The molecule has 2 aliphatic rings. The lowest BCUT2D eigenvalue weighted by Crippen LogP contribution is -2.39. The predicted molar refractivity (Wildman–Crippen MR) is 83.8 cm³/mol. The zero-order valence-electron chi connectivity index (χ0n) is 12.7. The highest BCUT2D eigenvalue weighted by atomic mass is 15.2. The molecule has 2 nitrogen and oxygen atoms in total. The Balaban J connectivity index is 2.06. The van der Waals surface area contributed by atoms with E-state index < -0.39 is 0 Å². The fourth-order valence-corrected chi connectivity index (χ4v) is 2.81. The van der Waals surface area contributed by atoms with Crippen molar-refractivity contribution in [3.8, 4) is 0 Å². The van der Waals surface area contributed by atoms with Crippen LogP contribution in [0.5, 0.6) is 0 Å². The highest BCUT2D eigenvalue weighted by molar-refractivity contribution is 5.80. The topological polar surface area (TPSA) is 15.6 Å².